The van der Waals surface area contributed by atoms with E-state index in [0.29, 0.717) is 10.9 Å². The quantitative estimate of drug-likeness (QED) is 0.654. The van der Waals surface area contributed by atoms with Crippen molar-refractivity contribution in [3.05, 3.63) is 22.9 Å². The largest absolute Gasteiger partial charge is 0.449 e. The molecule has 0 spiro atoms. The first-order valence-corrected chi connectivity index (χ1v) is 7.69. The number of thioether (sulfide) groups is 1. The van der Waals surface area contributed by atoms with Crippen LogP contribution in [0.5, 0.6) is 0 Å². The molecule has 0 aliphatic heterocycles. The van der Waals surface area contributed by atoms with Crippen LogP contribution in [-0.2, 0) is 9.53 Å². The molecule has 1 heterocycles. The summed E-state index contributed by atoms with van der Waals surface area (Å²) in [5.74, 6) is -1.12. The molecule has 0 unspecified atom stereocenters. The molecule has 0 radical (unpaired) electrons. The lowest BCUT2D eigenvalue weighted by Crippen LogP contribution is -2.30. The molecule has 2 rings (SSSR count). The smallest absolute Gasteiger partial charge is 0.340 e. The Balaban J connectivity index is 2.40. The summed E-state index contributed by atoms with van der Waals surface area (Å²) in [7, 11) is 0. The van der Waals surface area contributed by atoms with E-state index in [4.69, 9.17) is 10.5 Å². The number of hydrogen-bond acceptors (Lipinski definition) is 6. The lowest BCUT2D eigenvalue weighted by Gasteiger charge is -2.13. The number of esters is 1. The van der Waals surface area contributed by atoms with E-state index in [2.05, 4.69) is 4.98 Å². The average molecular weight is 305 g/mol. The molecule has 1 amide bonds. The Bertz CT molecular complexity index is 635. The first-order chi connectivity index (χ1) is 9.97. The molecule has 1 aromatic rings. The molecule has 1 fully saturated rings. The molecule has 1 saturated carbocycles. The fraction of sp³-hybridized carbons (Fsp3) is 0.429. The third-order valence-corrected chi connectivity index (χ3v) is 3.89. The number of hydrogen-bond donors (Lipinski definition) is 1. The maximum atomic E-state index is 12.2. The number of ether oxygens (including phenoxy) is 1. The van der Waals surface area contributed by atoms with Crippen molar-refractivity contribution in [3.8, 4) is 6.07 Å². The van der Waals surface area contributed by atoms with Gasteiger partial charge in [0.1, 0.15) is 11.1 Å². The molecule has 2 N–H and O–H groups in total. The SMILES string of the molecule is CSc1nc(C2CC2)cc(C(=O)O[C@@H](C)C(N)=O)c1C#N. The van der Waals surface area contributed by atoms with Crippen LogP contribution in [0.25, 0.3) is 0 Å². The van der Waals surface area contributed by atoms with Gasteiger partial charge in [-0.3, -0.25) is 4.79 Å². The number of amides is 1. The number of primary amides is 1. The van der Waals surface area contributed by atoms with Crippen LogP contribution in [0.2, 0.25) is 0 Å². The topological polar surface area (TPSA) is 106 Å². The van der Waals surface area contributed by atoms with Gasteiger partial charge in [0.25, 0.3) is 5.91 Å². The third-order valence-electron chi connectivity index (χ3n) is 3.21. The van der Waals surface area contributed by atoms with Gasteiger partial charge in [0.2, 0.25) is 0 Å². The Hall–Kier alpha value is -2.07. The summed E-state index contributed by atoms with van der Waals surface area (Å²) in [4.78, 5) is 27.6. The van der Waals surface area contributed by atoms with Crippen molar-refractivity contribution in [3.63, 3.8) is 0 Å². The molecule has 1 atom stereocenters. The van der Waals surface area contributed by atoms with Crippen molar-refractivity contribution in [1.82, 2.24) is 4.98 Å². The molecule has 0 aromatic carbocycles. The molecule has 21 heavy (non-hydrogen) atoms. The normalized spacial score (nSPS) is 15.1. The number of aromatic nitrogens is 1. The molecule has 7 heteroatoms. The fourth-order valence-corrected chi connectivity index (χ4v) is 2.38. The van der Waals surface area contributed by atoms with E-state index in [-0.39, 0.29) is 11.1 Å². The van der Waals surface area contributed by atoms with Crippen molar-refractivity contribution in [2.24, 2.45) is 5.73 Å². The maximum Gasteiger partial charge on any atom is 0.340 e. The van der Waals surface area contributed by atoms with E-state index in [1.54, 1.807) is 12.3 Å². The zero-order chi connectivity index (χ0) is 15.6. The zero-order valence-corrected chi connectivity index (χ0v) is 12.6. The summed E-state index contributed by atoms with van der Waals surface area (Å²) in [5, 5.41) is 9.77. The van der Waals surface area contributed by atoms with E-state index in [1.165, 1.54) is 18.7 Å². The molecular formula is C14H15N3O3S. The summed E-state index contributed by atoms with van der Waals surface area (Å²) in [6, 6.07) is 3.57. The number of carbonyl (C=O) groups is 2. The van der Waals surface area contributed by atoms with Crippen LogP contribution in [0.1, 0.15) is 47.3 Å². The lowest BCUT2D eigenvalue weighted by molar-refractivity contribution is -0.125. The highest BCUT2D eigenvalue weighted by Crippen LogP contribution is 2.40. The second kappa shape index (κ2) is 6.14. The molecule has 1 aliphatic rings. The number of nitrogens with two attached hydrogens (primary N) is 1. The van der Waals surface area contributed by atoms with Crippen molar-refractivity contribution in [2.75, 3.05) is 6.26 Å². The predicted molar refractivity (Wildman–Crippen MR) is 76.8 cm³/mol. The van der Waals surface area contributed by atoms with Gasteiger partial charge >= 0.3 is 5.97 Å². The third kappa shape index (κ3) is 3.34. The number of nitriles is 1. The van der Waals surface area contributed by atoms with E-state index in [1.807, 2.05) is 6.07 Å². The van der Waals surface area contributed by atoms with E-state index < -0.39 is 18.0 Å². The molecule has 6 nitrogen and oxygen atoms in total. The van der Waals surface area contributed by atoms with Crippen molar-refractivity contribution < 1.29 is 14.3 Å². The van der Waals surface area contributed by atoms with Gasteiger partial charge in [-0.25, -0.2) is 9.78 Å². The van der Waals surface area contributed by atoms with Crippen molar-refractivity contribution in [1.29, 1.82) is 5.26 Å². The first kappa shape index (κ1) is 15.3. The number of nitrogens with zero attached hydrogens (tertiary/aromatic N) is 2. The zero-order valence-electron chi connectivity index (χ0n) is 11.8. The highest BCUT2D eigenvalue weighted by Gasteiger charge is 2.29. The van der Waals surface area contributed by atoms with E-state index >= 15 is 0 Å². The van der Waals surface area contributed by atoms with Crippen LogP contribution in [0.4, 0.5) is 0 Å². The van der Waals surface area contributed by atoms with Gasteiger partial charge in [-0.1, -0.05) is 0 Å². The molecule has 1 aliphatic carbocycles. The van der Waals surface area contributed by atoms with Crippen LogP contribution >= 0.6 is 11.8 Å². The molecule has 110 valence electrons. The first-order valence-electron chi connectivity index (χ1n) is 6.47. The standard InChI is InChI=1S/C14H15N3O3S/c1-7(12(16)18)20-14(19)9-5-11(8-3-4-8)17-13(21-2)10(9)6-15/h5,7-8H,3-4H2,1-2H3,(H2,16,18)/t7-/m0/s1. The number of rotatable bonds is 5. The summed E-state index contributed by atoms with van der Waals surface area (Å²) in [5.41, 5.74) is 6.19. The van der Waals surface area contributed by atoms with Crippen LogP contribution in [0.15, 0.2) is 11.1 Å². The summed E-state index contributed by atoms with van der Waals surface area (Å²) >= 11 is 1.30. The van der Waals surface area contributed by atoms with Gasteiger partial charge in [0.15, 0.2) is 6.10 Å². The van der Waals surface area contributed by atoms with Crippen LogP contribution < -0.4 is 5.73 Å². The van der Waals surface area contributed by atoms with E-state index in [9.17, 15) is 14.9 Å². The minimum atomic E-state index is -1.04. The predicted octanol–water partition coefficient (Wildman–Crippen LogP) is 1.58. The Morgan fingerprint density at radius 3 is 2.71 bits per heavy atom. The highest BCUT2D eigenvalue weighted by molar-refractivity contribution is 7.98. The summed E-state index contributed by atoms with van der Waals surface area (Å²) < 4.78 is 4.99. The van der Waals surface area contributed by atoms with Crippen molar-refractivity contribution in [2.45, 2.75) is 36.8 Å². The van der Waals surface area contributed by atoms with E-state index in [0.717, 1.165) is 18.5 Å². The minimum Gasteiger partial charge on any atom is -0.449 e. The maximum absolute atomic E-state index is 12.2. The highest BCUT2D eigenvalue weighted by atomic mass is 32.2. The number of pyridine rings is 1. The second-order valence-electron chi connectivity index (χ2n) is 4.81. The van der Waals surface area contributed by atoms with Gasteiger partial charge in [-0.2, -0.15) is 5.26 Å². The van der Waals surface area contributed by atoms with Crippen LogP contribution in [0, 0.1) is 11.3 Å². The average Bonchev–Trinajstić information content (AvgIpc) is 3.29. The van der Waals surface area contributed by atoms with Crippen LogP contribution in [-0.4, -0.2) is 29.2 Å². The molecular weight excluding hydrogens is 290 g/mol. The van der Waals surface area contributed by atoms with Gasteiger partial charge in [0, 0.05) is 11.6 Å². The Labute approximate surface area is 126 Å². The second-order valence-corrected chi connectivity index (χ2v) is 5.61. The van der Waals surface area contributed by atoms with Gasteiger partial charge < -0.3 is 10.5 Å². The summed E-state index contributed by atoms with van der Waals surface area (Å²) in [6.45, 7) is 1.39. The van der Waals surface area contributed by atoms with Gasteiger partial charge in [-0.15, -0.1) is 11.8 Å². The van der Waals surface area contributed by atoms with Gasteiger partial charge in [-0.05, 0) is 32.1 Å². The van der Waals surface area contributed by atoms with Crippen molar-refractivity contribution >= 4 is 23.6 Å². The summed E-state index contributed by atoms with van der Waals surface area (Å²) in [6.07, 6.45) is 2.80. The molecule has 0 saturated heterocycles. The fourth-order valence-electron chi connectivity index (χ4n) is 1.83. The van der Waals surface area contributed by atoms with Gasteiger partial charge in [0.05, 0.1) is 11.1 Å². The Morgan fingerprint density at radius 2 is 2.24 bits per heavy atom. The minimum absolute atomic E-state index is 0.145. The Morgan fingerprint density at radius 1 is 1.57 bits per heavy atom. The monoisotopic (exact) mass is 305 g/mol. The molecule has 0 bridgehead atoms. The number of carbonyl (C=O) groups excluding carboxylic acids is 2. The molecule has 1 aromatic heterocycles. The lowest BCUT2D eigenvalue weighted by atomic mass is 10.1. The van der Waals surface area contributed by atoms with Crippen LogP contribution in [0.3, 0.4) is 0 Å². The Kier molecular flexibility index (Phi) is 4.48.